The van der Waals surface area contributed by atoms with Crippen LogP contribution in [0.1, 0.15) is 10.5 Å². The summed E-state index contributed by atoms with van der Waals surface area (Å²) in [6.07, 6.45) is 2.40. The van der Waals surface area contributed by atoms with E-state index in [1.54, 1.807) is 17.8 Å². The monoisotopic (exact) mass is 255 g/mol. The molecule has 7 heteroatoms. The smallest absolute Gasteiger partial charge is 0.170 e. The van der Waals surface area contributed by atoms with E-state index in [1.807, 2.05) is 0 Å². The summed E-state index contributed by atoms with van der Waals surface area (Å²) in [6.45, 7) is 1.88. The summed E-state index contributed by atoms with van der Waals surface area (Å²) in [5, 5.41) is 3.13. The molecular formula is C10H13N3O3S. The van der Waals surface area contributed by atoms with E-state index in [4.69, 9.17) is 4.74 Å². The molecule has 0 radical (unpaired) electrons. The van der Waals surface area contributed by atoms with Crippen LogP contribution >= 0.6 is 0 Å². The van der Waals surface area contributed by atoms with Gasteiger partial charge in [-0.1, -0.05) is 0 Å². The van der Waals surface area contributed by atoms with Crippen LogP contribution in [0.25, 0.3) is 0 Å². The van der Waals surface area contributed by atoms with Gasteiger partial charge in [-0.25, -0.2) is 8.93 Å². The summed E-state index contributed by atoms with van der Waals surface area (Å²) < 4.78 is 22.5. The van der Waals surface area contributed by atoms with Crippen molar-refractivity contribution in [3.05, 3.63) is 11.9 Å². The fraction of sp³-hybridized carbons (Fsp3) is 0.500. The minimum absolute atomic E-state index is 0.268. The molecule has 1 atom stereocenters. The molecule has 0 saturated carbocycles. The zero-order valence-electron chi connectivity index (χ0n) is 9.36. The predicted molar refractivity (Wildman–Crippen MR) is 61.4 cm³/mol. The van der Waals surface area contributed by atoms with Crippen LogP contribution in [0.5, 0.6) is 5.75 Å². The highest BCUT2D eigenvalue weighted by Gasteiger charge is 2.42. The molecule has 1 fully saturated rings. The van der Waals surface area contributed by atoms with Crippen molar-refractivity contribution in [1.82, 2.24) is 14.6 Å². The average Bonchev–Trinajstić information content (AvgIpc) is 2.50. The lowest BCUT2D eigenvalue weighted by Crippen LogP contribution is -2.70. The Labute approximate surface area is 101 Å². The second kappa shape index (κ2) is 3.66. The largest absolute Gasteiger partial charge is 0.488 e. The number of nitrogens with zero attached hydrogens (tertiary/aromatic N) is 1. The number of fused-ring (bicyclic) bond motifs is 1. The van der Waals surface area contributed by atoms with Gasteiger partial charge in [0.25, 0.3) is 0 Å². The first-order valence-corrected chi connectivity index (χ1v) is 6.48. The number of nitrogens with one attached hydrogen (secondary N) is 2. The van der Waals surface area contributed by atoms with E-state index in [0.29, 0.717) is 22.9 Å². The number of carbonyl (C=O) groups is 1. The van der Waals surface area contributed by atoms with E-state index in [0.717, 1.165) is 19.4 Å². The molecule has 1 spiro atoms. The van der Waals surface area contributed by atoms with Gasteiger partial charge in [0.1, 0.15) is 28.2 Å². The quantitative estimate of drug-likeness (QED) is 0.643. The Morgan fingerprint density at radius 3 is 2.94 bits per heavy atom. The Kier molecular flexibility index (Phi) is 2.35. The van der Waals surface area contributed by atoms with Crippen LogP contribution in [0, 0.1) is 0 Å². The summed E-state index contributed by atoms with van der Waals surface area (Å²) in [4.78, 5) is 11.5. The lowest BCUT2D eigenvalue weighted by molar-refractivity contribution is 0.110. The Bertz CT molecular complexity index is 507. The molecule has 0 aliphatic carbocycles. The second-order valence-corrected chi connectivity index (χ2v) is 5.66. The molecule has 3 rings (SSSR count). The average molecular weight is 255 g/mol. The van der Waals surface area contributed by atoms with Crippen molar-refractivity contribution in [3.8, 4) is 5.75 Å². The number of aldehydes is 1. The third-order valence-electron chi connectivity index (χ3n) is 3.19. The van der Waals surface area contributed by atoms with Crippen LogP contribution < -0.4 is 14.8 Å². The van der Waals surface area contributed by atoms with Crippen molar-refractivity contribution in [2.75, 3.05) is 19.7 Å². The van der Waals surface area contributed by atoms with Crippen molar-refractivity contribution in [2.24, 2.45) is 7.05 Å². The Hall–Kier alpha value is -1.18. The highest BCUT2D eigenvalue weighted by Crippen LogP contribution is 2.32. The van der Waals surface area contributed by atoms with Crippen LogP contribution in [0.4, 0.5) is 0 Å². The number of hydrogen-bond donors (Lipinski definition) is 2. The molecule has 3 heterocycles. The second-order valence-electron chi connectivity index (χ2n) is 4.48. The number of rotatable bonds is 1. The van der Waals surface area contributed by atoms with Gasteiger partial charge in [0.05, 0.1) is 5.54 Å². The molecular weight excluding hydrogens is 242 g/mol. The number of aryl methyl sites for hydroxylation is 1. The zero-order valence-corrected chi connectivity index (χ0v) is 10.2. The molecule has 2 aliphatic rings. The third-order valence-corrected chi connectivity index (χ3v) is 4.50. The summed E-state index contributed by atoms with van der Waals surface area (Å²) in [6, 6.07) is 0. The van der Waals surface area contributed by atoms with Crippen LogP contribution in [0.3, 0.4) is 0 Å². The lowest BCUT2D eigenvalue weighted by atomic mass is 9.95. The van der Waals surface area contributed by atoms with Gasteiger partial charge < -0.3 is 14.6 Å². The molecule has 1 aromatic heterocycles. The van der Waals surface area contributed by atoms with Crippen LogP contribution in [-0.2, 0) is 18.0 Å². The van der Waals surface area contributed by atoms with E-state index in [1.165, 1.54) is 0 Å². The van der Waals surface area contributed by atoms with Crippen molar-refractivity contribution in [3.63, 3.8) is 0 Å². The van der Waals surface area contributed by atoms with Crippen molar-refractivity contribution >= 4 is 17.3 Å². The highest BCUT2D eigenvalue weighted by molar-refractivity contribution is 7.83. The summed E-state index contributed by atoms with van der Waals surface area (Å²) in [5.74, 6) is 0.442. The van der Waals surface area contributed by atoms with Gasteiger partial charge in [-0.2, -0.15) is 0 Å². The van der Waals surface area contributed by atoms with E-state index >= 15 is 0 Å². The molecule has 0 amide bonds. The molecule has 92 valence electrons. The van der Waals surface area contributed by atoms with Gasteiger partial charge in [0, 0.05) is 26.3 Å². The third kappa shape index (κ3) is 1.54. The molecule has 2 N–H and O–H groups in total. The zero-order chi connectivity index (χ0) is 12.0. The van der Waals surface area contributed by atoms with Gasteiger partial charge in [-0.05, 0) is 0 Å². The molecule has 2 aliphatic heterocycles. The molecule has 0 bridgehead atoms. The van der Waals surface area contributed by atoms with Crippen LogP contribution in [-0.4, -0.2) is 40.3 Å². The predicted octanol–water partition coefficient (Wildman–Crippen LogP) is -0.816. The van der Waals surface area contributed by atoms with E-state index in [-0.39, 0.29) is 5.54 Å². The van der Waals surface area contributed by atoms with Crippen molar-refractivity contribution in [1.29, 1.82) is 0 Å². The van der Waals surface area contributed by atoms with E-state index in [2.05, 4.69) is 10.0 Å². The molecule has 1 unspecified atom stereocenters. The maximum atomic E-state index is 12.2. The molecule has 0 aromatic carbocycles. The first-order valence-electron chi connectivity index (χ1n) is 5.33. The summed E-state index contributed by atoms with van der Waals surface area (Å²) in [7, 11) is 0.399. The van der Waals surface area contributed by atoms with E-state index < -0.39 is 11.0 Å². The molecule has 1 saturated heterocycles. The van der Waals surface area contributed by atoms with Gasteiger partial charge >= 0.3 is 0 Å². The van der Waals surface area contributed by atoms with Crippen LogP contribution in [0.15, 0.2) is 11.1 Å². The van der Waals surface area contributed by atoms with Gasteiger partial charge in [-0.15, -0.1) is 0 Å². The first kappa shape index (κ1) is 10.9. The maximum Gasteiger partial charge on any atom is 0.170 e. The van der Waals surface area contributed by atoms with E-state index in [9.17, 15) is 9.00 Å². The molecule has 1 aromatic rings. The highest BCUT2D eigenvalue weighted by atomic mass is 32.2. The van der Waals surface area contributed by atoms with Crippen LogP contribution in [0.2, 0.25) is 0 Å². The first-order chi connectivity index (χ1) is 8.15. The Morgan fingerprint density at radius 2 is 2.35 bits per heavy atom. The standard InChI is InChI=1S/C10H13N3O3S/c1-13-2-8-9(7(13)3-14)16-6-10(4-11-5-10)12-17(8)15/h2-3,11-12H,4-6H2,1H3. The topological polar surface area (TPSA) is 72.4 Å². The van der Waals surface area contributed by atoms with Crippen molar-refractivity contribution < 1.29 is 13.7 Å². The number of carbonyl (C=O) groups excluding carboxylic acids is 1. The van der Waals surface area contributed by atoms with Gasteiger partial charge in [0.15, 0.2) is 12.0 Å². The number of hydrogen-bond acceptors (Lipinski definition) is 4. The fourth-order valence-electron chi connectivity index (χ4n) is 2.10. The Balaban J connectivity index is 2.03. The molecule has 6 nitrogen and oxygen atoms in total. The summed E-state index contributed by atoms with van der Waals surface area (Å²) in [5.41, 5.74) is 0.162. The summed E-state index contributed by atoms with van der Waals surface area (Å²) >= 11 is 0. The number of aromatic nitrogens is 1. The minimum atomic E-state index is -1.34. The minimum Gasteiger partial charge on any atom is -0.488 e. The normalized spacial score (nSPS) is 25.6. The van der Waals surface area contributed by atoms with Crippen molar-refractivity contribution in [2.45, 2.75) is 10.4 Å². The number of ether oxygens (including phenoxy) is 1. The fourth-order valence-corrected chi connectivity index (χ4v) is 3.39. The maximum absolute atomic E-state index is 12.2. The SMILES string of the molecule is Cn1cc2c(c1C=O)OCC1(CNC1)NS2=O. The van der Waals surface area contributed by atoms with Gasteiger partial charge in [0.2, 0.25) is 0 Å². The lowest BCUT2D eigenvalue weighted by Gasteiger charge is -2.40. The molecule has 17 heavy (non-hydrogen) atoms. The van der Waals surface area contributed by atoms with Gasteiger partial charge in [-0.3, -0.25) is 4.79 Å². The Morgan fingerprint density at radius 1 is 1.59 bits per heavy atom.